The lowest BCUT2D eigenvalue weighted by Gasteiger charge is -2.14. The Morgan fingerprint density at radius 3 is 2.53 bits per heavy atom. The fraction of sp³-hybridized carbons (Fsp3) is 0.318. The summed E-state index contributed by atoms with van der Waals surface area (Å²) in [6.07, 6.45) is -0.312. The van der Waals surface area contributed by atoms with Gasteiger partial charge in [-0.05, 0) is 56.2 Å². The molecule has 1 unspecified atom stereocenters. The van der Waals surface area contributed by atoms with Crippen molar-refractivity contribution in [2.45, 2.75) is 32.0 Å². The molecular weight excluding hydrogens is 400 g/mol. The first-order chi connectivity index (χ1) is 14.4. The van der Waals surface area contributed by atoms with Crippen molar-refractivity contribution in [1.82, 2.24) is 14.8 Å². The zero-order chi connectivity index (χ0) is 21.7. The zero-order valence-corrected chi connectivity index (χ0v) is 18.6. The number of nitrogens with one attached hydrogen (secondary N) is 1. The summed E-state index contributed by atoms with van der Waals surface area (Å²) in [4.78, 5) is 12.3. The van der Waals surface area contributed by atoms with Gasteiger partial charge in [-0.15, -0.1) is 10.2 Å². The van der Waals surface area contributed by atoms with E-state index in [2.05, 4.69) is 21.6 Å². The van der Waals surface area contributed by atoms with Crippen LogP contribution in [0.1, 0.15) is 30.0 Å². The molecular formula is C22H26N4O3S. The fourth-order valence-corrected chi connectivity index (χ4v) is 3.83. The second kappa shape index (κ2) is 9.67. The van der Waals surface area contributed by atoms with Crippen LogP contribution in [0, 0.1) is 13.8 Å². The number of hydrogen-bond donors (Lipinski definition) is 1. The molecule has 7 nitrogen and oxygen atoms in total. The van der Waals surface area contributed by atoms with Crippen molar-refractivity contribution < 1.29 is 14.3 Å². The number of benzene rings is 2. The molecule has 0 bridgehead atoms. The lowest BCUT2D eigenvalue weighted by Crippen LogP contribution is -2.15. The highest BCUT2D eigenvalue weighted by Crippen LogP contribution is 2.26. The first kappa shape index (κ1) is 21.7. The predicted molar refractivity (Wildman–Crippen MR) is 118 cm³/mol. The van der Waals surface area contributed by atoms with Crippen LogP contribution in [0.5, 0.6) is 11.5 Å². The number of hydrogen-bond acceptors (Lipinski definition) is 6. The Hall–Kier alpha value is -3.00. The van der Waals surface area contributed by atoms with E-state index >= 15 is 0 Å². The molecule has 1 aromatic heterocycles. The molecule has 1 amide bonds. The van der Waals surface area contributed by atoms with E-state index in [0.717, 1.165) is 22.6 Å². The van der Waals surface area contributed by atoms with E-state index in [9.17, 15) is 4.79 Å². The summed E-state index contributed by atoms with van der Waals surface area (Å²) in [6, 6.07) is 13.4. The summed E-state index contributed by atoms with van der Waals surface area (Å²) in [5.74, 6) is 2.24. The van der Waals surface area contributed by atoms with Gasteiger partial charge in [-0.2, -0.15) is 0 Å². The smallest absolute Gasteiger partial charge is 0.234 e. The minimum atomic E-state index is -0.312. The van der Waals surface area contributed by atoms with Gasteiger partial charge in [0.25, 0.3) is 0 Å². The first-order valence-electron chi connectivity index (χ1n) is 9.56. The quantitative estimate of drug-likeness (QED) is 0.541. The number of ether oxygens (including phenoxy) is 2. The Bertz CT molecular complexity index is 1010. The molecule has 1 atom stereocenters. The third-order valence-corrected chi connectivity index (χ3v) is 5.44. The molecule has 0 aliphatic carbocycles. The molecule has 8 heteroatoms. The van der Waals surface area contributed by atoms with Gasteiger partial charge in [0.2, 0.25) is 5.91 Å². The highest BCUT2D eigenvalue weighted by molar-refractivity contribution is 7.99. The molecule has 1 N–H and O–H groups in total. The predicted octanol–water partition coefficient (Wildman–Crippen LogP) is 4.31. The third-order valence-electron chi connectivity index (χ3n) is 4.42. The van der Waals surface area contributed by atoms with Crippen LogP contribution in [0.4, 0.5) is 5.69 Å². The van der Waals surface area contributed by atoms with Gasteiger partial charge in [0.05, 0.1) is 12.9 Å². The number of aromatic nitrogens is 3. The Morgan fingerprint density at radius 2 is 1.83 bits per heavy atom. The maximum absolute atomic E-state index is 12.3. The summed E-state index contributed by atoms with van der Waals surface area (Å²) in [7, 11) is 3.48. The number of amides is 1. The van der Waals surface area contributed by atoms with Gasteiger partial charge in [0, 0.05) is 18.8 Å². The standard InChI is InChI=1S/C22H26N4O3S/c1-14-9-15(2)11-17(10-14)23-20(27)13-30-22-25-24-21(26(22)4)16(3)29-19-8-6-7-18(12-19)28-5/h6-12,16H,13H2,1-5H3,(H,23,27). The number of thioether (sulfide) groups is 1. The van der Waals surface area contributed by atoms with Crippen molar-refractivity contribution in [2.75, 3.05) is 18.2 Å². The van der Waals surface area contributed by atoms with Crippen molar-refractivity contribution in [3.63, 3.8) is 0 Å². The van der Waals surface area contributed by atoms with Crippen LogP contribution in [0.3, 0.4) is 0 Å². The highest BCUT2D eigenvalue weighted by atomic mass is 32.2. The molecule has 158 valence electrons. The van der Waals surface area contributed by atoms with E-state index in [-0.39, 0.29) is 17.8 Å². The topological polar surface area (TPSA) is 78.3 Å². The second-order valence-electron chi connectivity index (χ2n) is 7.05. The number of aryl methyl sites for hydroxylation is 2. The van der Waals surface area contributed by atoms with E-state index in [0.29, 0.717) is 16.7 Å². The SMILES string of the molecule is COc1cccc(OC(C)c2nnc(SCC(=O)Nc3cc(C)cc(C)c3)n2C)c1. The van der Waals surface area contributed by atoms with Gasteiger partial charge in [0.15, 0.2) is 17.1 Å². The lowest BCUT2D eigenvalue weighted by atomic mass is 10.1. The van der Waals surface area contributed by atoms with Crippen LogP contribution in [0.2, 0.25) is 0 Å². The van der Waals surface area contributed by atoms with Crippen molar-refractivity contribution in [1.29, 1.82) is 0 Å². The molecule has 0 aliphatic rings. The van der Waals surface area contributed by atoms with E-state index in [4.69, 9.17) is 9.47 Å². The monoisotopic (exact) mass is 426 g/mol. The molecule has 0 aliphatic heterocycles. The summed E-state index contributed by atoms with van der Waals surface area (Å²) in [5.41, 5.74) is 3.03. The van der Waals surface area contributed by atoms with Gasteiger partial charge in [-0.1, -0.05) is 23.9 Å². The van der Waals surface area contributed by atoms with Gasteiger partial charge in [-0.3, -0.25) is 4.79 Å². The normalized spacial score (nSPS) is 11.8. The maximum Gasteiger partial charge on any atom is 0.234 e. The van der Waals surface area contributed by atoms with Crippen LogP contribution < -0.4 is 14.8 Å². The molecule has 0 saturated carbocycles. The molecule has 2 aromatic carbocycles. The molecule has 0 spiro atoms. The Morgan fingerprint density at radius 1 is 1.13 bits per heavy atom. The summed E-state index contributed by atoms with van der Waals surface area (Å²) in [6.45, 7) is 5.92. The molecule has 3 rings (SSSR count). The summed E-state index contributed by atoms with van der Waals surface area (Å²) >= 11 is 1.34. The van der Waals surface area contributed by atoms with Gasteiger partial charge < -0.3 is 19.4 Å². The molecule has 30 heavy (non-hydrogen) atoms. The van der Waals surface area contributed by atoms with Crippen LogP contribution in [-0.2, 0) is 11.8 Å². The minimum Gasteiger partial charge on any atom is -0.497 e. The molecule has 0 fully saturated rings. The minimum absolute atomic E-state index is 0.0878. The van der Waals surface area contributed by atoms with Gasteiger partial charge >= 0.3 is 0 Å². The van der Waals surface area contributed by atoms with E-state index in [1.807, 2.05) is 68.8 Å². The van der Waals surface area contributed by atoms with Crippen molar-refractivity contribution in [3.05, 3.63) is 59.4 Å². The number of carbonyl (C=O) groups is 1. The summed E-state index contributed by atoms with van der Waals surface area (Å²) < 4.78 is 13.0. The number of anilines is 1. The molecule has 0 radical (unpaired) electrons. The van der Waals surface area contributed by atoms with E-state index < -0.39 is 0 Å². The zero-order valence-electron chi connectivity index (χ0n) is 17.8. The fourth-order valence-electron chi connectivity index (χ4n) is 3.11. The number of carbonyl (C=O) groups excluding carboxylic acids is 1. The first-order valence-corrected chi connectivity index (χ1v) is 10.5. The average Bonchev–Trinajstić information content (AvgIpc) is 3.06. The number of rotatable bonds is 8. The van der Waals surface area contributed by atoms with Gasteiger partial charge in [0.1, 0.15) is 11.5 Å². The van der Waals surface area contributed by atoms with E-state index in [1.54, 1.807) is 7.11 Å². The average molecular weight is 427 g/mol. The molecule has 0 saturated heterocycles. The Kier molecular flexibility index (Phi) is 6.99. The molecule has 3 aromatic rings. The van der Waals surface area contributed by atoms with Crippen molar-refractivity contribution in [2.24, 2.45) is 7.05 Å². The van der Waals surface area contributed by atoms with Gasteiger partial charge in [-0.25, -0.2) is 0 Å². The Labute approximate surface area is 180 Å². The number of methoxy groups -OCH3 is 1. The maximum atomic E-state index is 12.3. The molecule has 1 heterocycles. The largest absolute Gasteiger partial charge is 0.497 e. The van der Waals surface area contributed by atoms with Crippen LogP contribution in [0.15, 0.2) is 47.6 Å². The Balaban J connectivity index is 1.59. The van der Waals surface area contributed by atoms with E-state index in [1.165, 1.54) is 11.8 Å². The van der Waals surface area contributed by atoms with Crippen molar-refractivity contribution in [3.8, 4) is 11.5 Å². The van der Waals surface area contributed by atoms with Crippen molar-refractivity contribution >= 4 is 23.4 Å². The van der Waals surface area contributed by atoms with Crippen LogP contribution >= 0.6 is 11.8 Å². The van der Waals surface area contributed by atoms with Crippen LogP contribution in [-0.4, -0.2) is 33.5 Å². The lowest BCUT2D eigenvalue weighted by molar-refractivity contribution is -0.113. The summed E-state index contributed by atoms with van der Waals surface area (Å²) in [5, 5.41) is 12.0. The highest BCUT2D eigenvalue weighted by Gasteiger charge is 2.18. The van der Waals surface area contributed by atoms with Crippen LogP contribution in [0.25, 0.3) is 0 Å². The third kappa shape index (κ3) is 5.54. The second-order valence-corrected chi connectivity index (χ2v) is 7.99. The number of nitrogens with zero attached hydrogens (tertiary/aromatic N) is 3.